The Hall–Kier alpha value is -0.340. The topological polar surface area (TPSA) is 17.1 Å². The lowest BCUT2D eigenvalue weighted by molar-refractivity contribution is 0.0983. The lowest BCUT2D eigenvalue weighted by atomic mass is 10.1. The van der Waals surface area contributed by atoms with Gasteiger partial charge >= 0.3 is 0 Å². The lowest BCUT2D eigenvalue weighted by Crippen LogP contribution is -1.95. The molecule has 0 aliphatic rings. The summed E-state index contributed by atoms with van der Waals surface area (Å²) in [6.07, 6.45) is 5.25. The van der Waals surface area contributed by atoms with E-state index in [0.29, 0.717) is 10.8 Å². The average Bonchev–Trinajstić information content (AvgIpc) is 2.59. The summed E-state index contributed by atoms with van der Waals surface area (Å²) in [5.41, 5.74) is 0. The molecule has 1 heterocycles. The van der Waals surface area contributed by atoms with Gasteiger partial charge in [0.25, 0.3) is 0 Å². The van der Waals surface area contributed by atoms with Crippen LogP contribution in [0.5, 0.6) is 0 Å². The predicted octanol–water partition coefficient (Wildman–Crippen LogP) is 4.55. The normalized spacial score (nSPS) is 10.4. The molecule has 0 bridgehead atoms. The van der Waals surface area contributed by atoms with Crippen LogP contribution in [0.3, 0.4) is 0 Å². The van der Waals surface area contributed by atoms with Crippen molar-refractivity contribution in [1.82, 2.24) is 0 Å². The van der Waals surface area contributed by atoms with Crippen LogP contribution in [0.25, 0.3) is 0 Å². The highest BCUT2D eigenvalue weighted by molar-refractivity contribution is 7.18. The zero-order valence-corrected chi connectivity index (χ0v) is 9.96. The van der Waals surface area contributed by atoms with Gasteiger partial charge < -0.3 is 0 Å². The lowest BCUT2D eigenvalue weighted by Gasteiger charge is -1.97. The summed E-state index contributed by atoms with van der Waals surface area (Å²) < 4.78 is 0.696. The van der Waals surface area contributed by atoms with Gasteiger partial charge in [0.05, 0.1) is 9.21 Å². The number of carbonyl (C=O) groups is 1. The number of halogens is 1. The smallest absolute Gasteiger partial charge is 0.172 e. The SMILES string of the molecule is CCCCCCC(=O)c1ccc(Cl)s1. The highest BCUT2D eigenvalue weighted by atomic mass is 35.5. The third kappa shape index (κ3) is 3.81. The van der Waals surface area contributed by atoms with Gasteiger partial charge in [0.15, 0.2) is 5.78 Å². The molecule has 0 saturated carbocycles. The van der Waals surface area contributed by atoms with Crippen LogP contribution < -0.4 is 0 Å². The Morgan fingerprint density at radius 1 is 1.36 bits per heavy atom. The van der Waals surface area contributed by atoms with E-state index in [1.165, 1.54) is 24.2 Å². The highest BCUT2D eigenvalue weighted by Crippen LogP contribution is 2.23. The molecule has 0 saturated heterocycles. The largest absolute Gasteiger partial charge is 0.293 e. The summed E-state index contributed by atoms with van der Waals surface area (Å²) in [6.45, 7) is 2.17. The molecular weight excluding hydrogens is 216 g/mol. The molecule has 0 aliphatic heterocycles. The third-order valence-corrected chi connectivity index (χ3v) is 3.38. The molecule has 0 spiro atoms. The maximum atomic E-state index is 11.6. The zero-order chi connectivity index (χ0) is 10.4. The van der Waals surface area contributed by atoms with Crippen molar-refractivity contribution in [2.45, 2.75) is 39.0 Å². The van der Waals surface area contributed by atoms with Crippen molar-refractivity contribution in [2.24, 2.45) is 0 Å². The summed E-state index contributed by atoms with van der Waals surface area (Å²) in [7, 11) is 0. The van der Waals surface area contributed by atoms with Crippen molar-refractivity contribution in [3.8, 4) is 0 Å². The van der Waals surface area contributed by atoms with Crippen LogP contribution in [0.2, 0.25) is 4.34 Å². The first-order chi connectivity index (χ1) is 6.74. The quantitative estimate of drug-likeness (QED) is 0.518. The van der Waals surface area contributed by atoms with E-state index in [1.54, 1.807) is 6.07 Å². The number of unbranched alkanes of at least 4 members (excludes halogenated alkanes) is 3. The first-order valence-corrected chi connectivity index (χ1v) is 6.22. The number of hydrogen-bond donors (Lipinski definition) is 0. The van der Waals surface area contributed by atoms with E-state index in [1.807, 2.05) is 6.07 Å². The molecule has 0 aliphatic carbocycles. The Labute approximate surface area is 94.1 Å². The monoisotopic (exact) mass is 230 g/mol. The molecule has 1 nitrogen and oxygen atoms in total. The number of hydrogen-bond acceptors (Lipinski definition) is 2. The minimum absolute atomic E-state index is 0.234. The second kappa shape index (κ2) is 6.20. The van der Waals surface area contributed by atoms with Crippen LogP contribution >= 0.6 is 22.9 Å². The Balaban J connectivity index is 2.29. The van der Waals surface area contributed by atoms with E-state index in [9.17, 15) is 4.79 Å². The van der Waals surface area contributed by atoms with Crippen LogP contribution in [0.15, 0.2) is 12.1 Å². The molecule has 14 heavy (non-hydrogen) atoms. The van der Waals surface area contributed by atoms with Crippen LogP contribution in [0.4, 0.5) is 0 Å². The van der Waals surface area contributed by atoms with Crippen LogP contribution in [0, 0.1) is 0 Å². The van der Waals surface area contributed by atoms with Gasteiger partial charge in [-0.05, 0) is 18.6 Å². The minimum atomic E-state index is 0.234. The first-order valence-electron chi connectivity index (χ1n) is 5.02. The summed E-state index contributed by atoms with van der Waals surface area (Å²) in [6, 6.07) is 3.60. The van der Waals surface area contributed by atoms with Gasteiger partial charge in [0.1, 0.15) is 0 Å². The Bertz CT molecular complexity index is 293. The number of Topliss-reactive ketones (excluding diaryl/α,β-unsaturated/α-hetero) is 1. The molecule has 0 unspecified atom stereocenters. The van der Waals surface area contributed by atoms with Crippen LogP contribution in [-0.4, -0.2) is 5.78 Å². The third-order valence-electron chi connectivity index (χ3n) is 2.11. The highest BCUT2D eigenvalue weighted by Gasteiger charge is 2.07. The maximum Gasteiger partial charge on any atom is 0.172 e. The molecule has 1 aromatic heterocycles. The molecule has 0 atom stereocenters. The fraction of sp³-hybridized carbons (Fsp3) is 0.545. The van der Waals surface area contributed by atoms with E-state index in [2.05, 4.69) is 6.92 Å². The van der Waals surface area contributed by atoms with E-state index >= 15 is 0 Å². The molecule has 1 rings (SSSR count). The predicted molar refractivity (Wildman–Crippen MR) is 62.4 cm³/mol. The van der Waals surface area contributed by atoms with Crippen molar-refractivity contribution in [1.29, 1.82) is 0 Å². The van der Waals surface area contributed by atoms with E-state index < -0.39 is 0 Å². The second-order valence-corrected chi connectivity index (χ2v) is 5.05. The number of rotatable bonds is 6. The summed E-state index contributed by atoms with van der Waals surface area (Å²) in [4.78, 5) is 12.4. The van der Waals surface area contributed by atoms with Crippen LogP contribution in [-0.2, 0) is 0 Å². The number of carbonyl (C=O) groups excluding carboxylic acids is 1. The van der Waals surface area contributed by atoms with Crippen molar-refractivity contribution >= 4 is 28.7 Å². The molecule has 0 fully saturated rings. The number of ketones is 1. The van der Waals surface area contributed by atoms with Gasteiger partial charge in [-0.2, -0.15) is 0 Å². The summed E-state index contributed by atoms with van der Waals surface area (Å²) in [5, 5.41) is 0. The van der Waals surface area contributed by atoms with Gasteiger partial charge in [-0.15, -0.1) is 11.3 Å². The fourth-order valence-electron chi connectivity index (χ4n) is 1.30. The molecule has 78 valence electrons. The van der Waals surface area contributed by atoms with Gasteiger partial charge in [0, 0.05) is 6.42 Å². The molecule has 0 amide bonds. The van der Waals surface area contributed by atoms with Gasteiger partial charge in [-0.1, -0.05) is 37.8 Å². The first kappa shape index (κ1) is 11.7. The van der Waals surface area contributed by atoms with E-state index in [4.69, 9.17) is 11.6 Å². The average molecular weight is 231 g/mol. The van der Waals surface area contributed by atoms with Crippen molar-refractivity contribution < 1.29 is 4.79 Å². The molecule has 0 N–H and O–H groups in total. The standard InChI is InChI=1S/C11H15ClOS/c1-2-3-4-5-6-9(13)10-7-8-11(12)14-10/h7-8H,2-6H2,1H3. The zero-order valence-electron chi connectivity index (χ0n) is 8.38. The summed E-state index contributed by atoms with van der Waals surface area (Å²) >= 11 is 7.13. The Morgan fingerprint density at radius 3 is 2.71 bits per heavy atom. The molecule has 0 aromatic carbocycles. The fourth-order valence-corrected chi connectivity index (χ4v) is 2.31. The minimum Gasteiger partial charge on any atom is -0.293 e. The second-order valence-electron chi connectivity index (χ2n) is 3.34. The van der Waals surface area contributed by atoms with Crippen LogP contribution in [0.1, 0.15) is 48.7 Å². The van der Waals surface area contributed by atoms with Crippen molar-refractivity contribution in [3.63, 3.8) is 0 Å². The molecule has 0 radical (unpaired) electrons. The summed E-state index contributed by atoms with van der Waals surface area (Å²) in [5.74, 6) is 0.234. The van der Waals surface area contributed by atoms with Gasteiger partial charge in [0.2, 0.25) is 0 Å². The van der Waals surface area contributed by atoms with E-state index in [0.717, 1.165) is 17.7 Å². The number of thiophene rings is 1. The Kier molecular flexibility index (Phi) is 5.20. The maximum absolute atomic E-state index is 11.6. The molecular formula is C11H15ClOS. The van der Waals surface area contributed by atoms with Gasteiger partial charge in [-0.3, -0.25) is 4.79 Å². The van der Waals surface area contributed by atoms with Crippen molar-refractivity contribution in [2.75, 3.05) is 0 Å². The Morgan fingerprint density at radius 2 is 2.14 bits per heavy atom. The molecule has 3 heteroatoms. The van der Waals surface area contributed by atoms with Gasteiger partial charge in [-0.25, -0.2) is 0 Å². The molecule has 1 aromatic rings. The van der Waals surface area contributed by atoms with Crippen molar-refractivity contribution in [3.05, 3.63) is 21.3 Å². The van der Waals surface area contributed by atoms with E-state index in [-0.39, 0.29) is 5.78 Å².